The molecule has 0 aliphatic carbocycles. The van der Waals surface area contributed by atoms with E-state index in [-0.39, 0.29) is 6.61 Å². The van der Waals surface area contributed by atoms with Crippen LogP contribution in [0.25, 0.3) is 11.0 Å². The van der Waals surface area contributed by atoms with Crippen LogP contribution in [0, 0.1) is 0 Å². The molecule has 1 unspecified atom stereocenters. The summed E-state index contributed by atoms with van der Waals surface area (Å²) in [5, 5.41) is 0.597. The van der Waals surface area contributed by atoms with Gasteiger partial charge in [-0.2, -0.15) is 0 Å². The van der Waals surface area contributed by atoms with E-state index in [4.69, 9.17) is 35.3 Å². The molecule has 0 spiro atoms. The van der Waals surface area contributed by atoms with Crippen LogP contribution in [0.3, 0.4) is 0 Å². The molecule has 0 saturated carbocycles. The van der Waals surface area contributed by atoms with Crippen molar-refractivity contribution in [2.45, 2.75) is 13.0 Å². The van der Waals surface area contributed by atoms with Crippen LogP contribution in [0.4, 0.5) is 0 Å². The third-order valence-electron chi connectivity index (χ3n) is 4.08. The van der Waals surface area contributed by atoms with Crippen molar-refractivity contribution in [3.05, 3.63) is 53.7 Å². The average Bonchev–Trinajstić information content (AvgIpc) is 2.77. The normalized spacial score (nSPS) is 11.8. The SMILES string of the molecule is COCCOCCOC(=O)C(C)Oc1ccc(Oc2cnc3cc(Cl)ccc3n2)cc1. The first-order valence-electron chi connectivity index (χ1n) is 9.65. The van der Waals surface area contributed by atoms with Crippen LogP contribution in [0.1, 0.15) is 6.92 Å². The van der Waals surface area contributed by atoms with Gasteiger partial charge in [0, 0.05) is 12.1 Å². The smallest absolute Gasteiger partial charge is 0.347 e. The van der Waals surface area contributed by atoms with Crippen molar-refractivity contribution in [2.24, 2.45) is 0 Å². The van der Waals surface area contributed by atoms with Crippen molar-refractivity contribution in [1.82, 2.24) is 9.97 Å². The maximum absolute atomic E-state index is 12.0. The summed E-state index contributed by atoms with van der Waals surface area (Å²) < 4.78 is 26.6. The number of rotatable bonds is 11. The molecule has 3 aromatic rings. The van der Waals surface area contributed by atoms with Crippen LogP contribution in [0.2, 0.25) is 5.02 Å². The Hall–Kier alpha value is -2.94. The van der Waals surface area contributed by atoms with Crippen LogP contribution >= 0.6 is 11.6 Å². The first-order chi connectivity index (χ1) is 15.0. The molecule has 3 rings (SSSR count). The number of methoxy groups -OCH3 is 1. The van der Waals surface area contributed by atoms with Gasteiger partial charge in [0.2, 0.25) is 5.88 Å². The van der Waals surface area contributed by atoms with E-state index in [1.807, 2.05) is 0 Å². The van der Waals surface area contributed by atoms with Gasteiger partial charge in [-0.3, -0.25) is 0 Å². The highest BCUT2D eigenvalue weighted by molar-refractivity contribution is 6.31. The zero-order valence-electron chi connectivity index (χ0n) is 17.2. The Morgan fingerprint density at radius 3 is 2.52 bits per heavy atom. The van der Waals surface area contributed by atoms with Gasteiger partial charge in [0.1, 0.15) is 18.1 Å². The average molecular weight is 447 g/mol. The van der Waals surface area contributed by atoms with Crippen molar-refractivity contribution in [2.75, 3.05) is 33.5 Å². The van der Waals surface area contributed by atoms with Gasteiger partial charge in [0.25, 0.3) is 0 Å². The third kappa shape index (κ3) is 7.06. The second-order valence-corrected chi connectivity index (χ2v) is 6.88. The molecule has 0 bridgehead atoms. The molecule has 0 saturated heterocycles. The van der Waals surface area contributed by atoms with E-state index in [1.165, 1.54) is 6.20 Å². The fourth-order valence-corrected chi connectivity index (χ4v) is 2.70. The number of ether oxygens (including phenoxy) is 5. The van der Waals surface area contributed by atoms with Crippen molar-refractivity contribution >= 4 is 28.6 Å². The topological polar surface area (TPSA) is 89.0 Å². The summed E-state index contributed by atoms with van der Waals surface area (Å²) in [7, 11) is 1.59. The first kappa shape index (κ1) is 22.7. The molecule has 9 heteroatoms. The quantitative estimate of drug-likeness (QED) is 0.322. The summed E-state index contributed by atoms with van der Waals surface area (Å²) in [4.78, 5) is 20.7. The lowest BCUT2D eigenvalue weighted by Crippen LogP contribution is -2.27. The van der Waals surface area contributed by atoms with Gasteiger partial charge in [-0.15, -0.1) is 0 Å². The molecular weight excluding hydrogens is 424 g/mol. The molecule has 0 aliphatic rings. The standard InChI is InChI=1S/C22H23ClN2O6/c1-15(22(26)29-12-11-28-10-9-27-2)30-17-4-6-18(7-5-17)31-21-14-24-20-13-16(23)3-8-19(20)25-21/h3-8,13-15H,9-12H2,1-2H3. The monoisotopic (exact) mass is 446 g/mol. The van der Waals surface area contributed by atoms with Crippen molar-refractivity contribution in [3.8, 4) is 17.4 Å². The van der Waals surface area contributed by atoms with E-state index in [9.17, 15) is 4.79 Å². The molecule has 1 atom stereocenters. The van der Waals surface area contributed by atoms with Gasteiger partial charge in [0.15, 0.2) is 6.10 Å². The summed E-state index contributed by atoms with van der Waals surface area (Å²) in [5.41, 5.74) is 1.37. The zero-order valence-corrected chi connectivity index (χ0v) is 18.0. The van der Waals surface area contributed by atoms with Crippen LogP contribution in [-0.4, -0.2) is 55.6 Å². The summed E-state index contributed by atoms with van der Waals surface area (Å²) >= 11 is 5.96. The minimum absolute atomic E-state index is 0.155. The summed E-state index contributed by atoms with van der Waals surface area (Å²) in [6.07, 6.45) is 0.768. The van der Waals surface area contributed by atoms with Crippen LogP contribution in [0.15, 0.2) is 48.7 Å². The molecule has 0 amide bonds. The highest BCUT2D eigenvalue weighted by Crippen LogP contribution is 2.25. The lowest BCUT2D eigenvalue weighted by Gasteiger charge is -2.14. The summed E-state index contributed by atoms with van der Waals surface area (Å²) in [5.74, 6) is 0.946. The highest BCUT2D eigenvalue weighted by atomic mass is 35.5. The Morgan fingerprint density at radius 1 is 1.00 bits per heavy atom. The van der Waals surface area contributed by atoms with Gasteiger partial charge in [-0.1, -0.05) is 11.6 Å². The molecule has 0 radical (unpaired) electrons. The van der Waals surface area contributed by atoms with Gasteiger partial charge in [-0.25, -0.2) is 14.8 Å². The number of halogens is 1. The minimum atomic E-state index is -0.760. The first-order valence-corrected chi connectivity index (χ1v) is 10.0. The maximum atomic E-state index is 12.0. The molecular formula is C22H23ClN2O6. The van der Waals surface area contributed by atoms with Crippen molar-refractivity contribution < 1.29 is 28.5 Å². The predicted octanol–water partition coefficient (Wildman–Crippen LogP) is 4.05. The number of hydrogen-bond acceptors (Lipinski definition) is 8. The Bertz CT molecular complexity index is 999. The highest BCUT2D eigenvalue weighted by Gasteiger charge is 2.16. The zero-order chi connectivity index (χ0) is 22.1. The number of nitrogens with zero attached hydrogens (tertiary/aromatic N) is 2. The van der Waals surface area contributed by atoms with Gasteiger partial charge in [0.05, 0.1) is 37.1 Å². The largest absolute Gasteiger partial charge is 0.479 e. The number of esters is 1. The number of carbonyl (C=O) groups excluding carboxylic acids is 1. The molecule has 164 valence electrons. The van der Waals surface area contributed by atoms with E-state index in [0.717, 1.165) is 0 Å². The molecule has 0 aliphatic heterocycles. The number of hydrogen-bond donors (Lipinski definition) is 0. The molecule has 2 aromatic carbocycles. The molecule has 0 N–H and O–H groups in total. The third-order valence-corrected chi connectivity index (χ3v) is 4.31. The van der Waals surface area contributed by atoms with Gasteiger partial charge < -0.3 is 23.7 Å². The molecule has 0 fully saturated rings. The maximum Gasteiger partial charge on any atom is 0.347 e. The second kappa shape index (κ2) is 11.5. The van der Waals surface area contributed by atoms with E-state index >= 15 is 0 Å². The summed E-state index contributed by atoms with van der Waals surface area (Å²) in [6.45, 7) is 3.03. The molecule has 31 heavy (non-hydrogen) atoms. The Balaban J connectivity index is 1.48. The van der Waals surface area contributed by atoms with Crippen LogP contribution in [-0.2, 0) is 19.0 Å². The lowest BCUT2D eigenvalue weighted by molar-refractivity contribution is -0.152. The van der Waals surface area contributed by atoms with E-state index < -0.39 is 12.1 Å². The molecule has 1 heterocycles. The number of benzene rings is 2. The number of fused-ring (bicyclic) bond motifs is 1. The number of carbonyl (C=O) groups is 1. The van der Waals surface area contributed by atoms with Gasteiger partial charge >= 0.3 is 5.97 Å². The van der Waals surface area contributed by atoms with E-state index in [1.54, 1.807) is 56.5 Å². The molecule has 1 aromatic heterocycles. The predicted molar refractivity (Wildman–Crippen MR) is 115 cm³/mol. The number of aromatic nitrogens is 2. The molecule has 8 nitrogen and oxygen atoms in total. The van der Waals surface area contributed by atoms with E-state index in [2.05, 4.69) is 9.97 Å². The van der Waals surface area contributed by atoms with Crippen LogP contribution < -0.4 is 9.47 Å². The van der Waals surface area contributed by atoms with Crippen molar-refractivity contribution in [3.63, 3.8) is 0 Å². The fraction of sp³-hybridized carbons (Fsp3) is 0.318. The lowest BCUT2D eigenvalue weighted by atomic mass is 10.3. The van der Waals surface area contributed by atoms with Gasteiger partial charge in [-0.05, 0) is 49.4 Å². The van der Waals surface area contributed by atoms with E-state index in [0.29, 0.717) is 53.3 Å². The van der Waals surface area contributed by atoms with Crippen LogP contribution in [0.5, 0.6) is 17.4 Å². The van der Waals surface area contributed by atoms with Crippen molar-refractivity contribution in [1.29, 1.82) is 0 Å². The summed E-state index contributed by atoms with van der Waals surface area (Å²) in [6, 6.07) is 12.1. The minimum Gasteiger partial charge on any atom is -0.479 e. The Morgan fingerprint density at radius 2 is 1.74 bits per heavy atom. The Labute approximate surface area is 185 Å². The fourth-order valence-electron chi connectivity index (χ4n) is 2.54. The Kier molecular flexibility index (Phi) is 8.40. The second-order valence-electron chi connectivity index (χ2n) is 6.45.